The van der Waals surface area contributed by atoms with E-state index in [2.05, 4.69) is 5.32 Å². The van der Waals surface area contributed by atoms with Crippen molar-refractivity contribution in [1.29, 1.82) is 0 Å². The molecule has 100 valence electrons. The molecule has 0 spiro atoms. The lowest BCUT2D eigenvalue weighted by Crippen LogP contribution is -2.30. The molecule has 0 fully saturated rings. The zero-order chi connectivity index (χ0) is 13.4. The highest BCUT2D eigenvalue weighted by molar-refractivity contribution is 5.67. The summed E-state index contributed by atoms with van der Waals surface area (Å²) in [6.07, 6.45) is -0.734. The van der Waals surface area contributed by atoms with Gasteiger partial charge in [-0.3, -0.25) is 0 Å². The van der Waals surface area contributed by atoms with E-state index in [1.165, 1.54) is 0 Å². The van der Waals surface area contributed by atoms with Crippen molar-refractivity contribution in [2.75, 3.05) is 20.3 Å². The van der Waals surface area contributed by atoms with E-state index in [1.54, 1.807) is 26.2 Å². The number of alkyl carbamates (subject to hydrolysis) is 1. The van der Waals surface area contributed by atoms with Crippen LogP contribution in [-0.2, 0) is 4.74 Å². The van der Waals surface area contributed by atoms with Crippen LogP contribution in [0.5, 0.6) is 11.5 Å². The van der Waals surface area contributed by atoms with Crippen molar-refractivity contribution in [1.82, 2.24) is 5.32 Å². The molecule has 0 radical (unpaired) electrons. The molecule has 0 aliphatic carbocycles. The highest BCUT2D eigenvalue weighted by atomic mass is 16.6. The Labute approximate surface area is 107 Å². The molecule has 1 aromatic rings. The van der Waals surface area contributed by atoms with Gasteiger partial charge in [0, 0.05) is 6.54 Å². The summed E-state index contributed by atoms with van der Waals surface area (Å²) in [5.74, 6) is 1.48. The van der Waals surface area contributed by atoms with Crippen molar-refractivity contribution < 1.29 is 19.0 Å². The molecular formula is C13H19NO4. The summed E-state index contributed by atoms with van der Waals surface area (Å²) in [5, 5.41) is 2.56. The Morgan fingerprint density at radius 3 is 2.44 bits per heavy atom. The van der Waals surface area contributed by atoms with Gasteiger partial charge in [-0.25, -0.2) is 4.79 Å². The Morgan fingerprint density at radius 2 is 1.89 bits per heavy atom. The van der Waals surface area contributed by atoms with Crippen molar-refractivity contribution in [2.45, 2.75) is 20.0 Å². The zero-order valence-corrected chi connectivity index (χ0v) is 10.9. The number of hydrogen-bond donors (Lipinski definition) is 1. The van der Waals surface area contributed by atoms with Crippen molar-refractivity contribution in [3.8, 4) is 11.5 Å². The van der Waals surface area contributed by atoms with Gasteiger partial charge in [0.25, 0.3) is 0 Å². The quantitative estimate of drug-likeness (QED) is 0.844. The molecule has 1 rings (SSSR count). The molecule has 0 saturated carbocycles. The molecule has 1 N–H and O–H groups in total. The topological polar surface area (TPSA) is 56.8 Å². The minimum absolute atomic E-state index is 0.307. The molecule has 0 aliphatic heterocycles. The lowest BCUT2D eigenvalue weighted by Gasteiger charge is -2.14. The van der Waals surface area contributed by atoms with E-state index in [-0.39, 0.29) is 6.10 Å². The molecule has 5 nitrogen and oxygen atoms in total. The summed E-state index contributed by atoms with van der Waals surface area (Å²) in [5.41, 5.74) is 0. The van der Waals surface area contributed by atoms with E-state index in [0.29, 0.717) is 18.9 Å². The Balaban J connectivity index is 2.32. The molecule has 1 unspecified atom stereocenters. The number of hydrogen-bond acceptors (Lipinski definition) is 4. The largest absolute Gasteiger partial charge is 0.497 e. The fourth-order valence-corrected chi connectivity index (χ4v) is 1.29. The molecule has 5 heteroatoms. The van der Waals surface area contributed by atoms with Crippen LogP contribution in [0.4, 0.5) is 4.79 Å². The Bertz CT molecular complexity index is 364. The van der Waals surface area contributed by atoms with Crippen LogP contribution in [0.15, 0.2) is 24.3 Å². The van der Waals surface area contributed by atoms with Gasteiger partial charge in [0.05, 0.1) is 7.11 Å². The Morgan fingerprint density at radius 1 is 1.28 bits per heavy atom. The van der Waals surface area contributed by atoms with Crippen molar-refractivity contribution >= 4 is 6.09 Å². The average Bonchev–Trinajstić information content (AvgIpc) is 2.37. The van der Waals surface area contributed by atoms with Gasteiger partial charge in [0.2, 0.25) is 0 Å². The molecule has 1 atom stereocenters. The standard InChI is InChI=1S/C13H19NO4/c1-4-14-13(15)18-10(2)9-17-12-7-5-11(16-3)6-8-12/h5-8,10H,4,9H2,1-3H3,(H,14,15). The smallest absolute Gasteiger partial charge is 0.407 e. The Kier molecular flexibility index (Phi) is 5.84. The third-order valence-electron chi connectivity index (χ3n) is 2.17. The maximum Gasteiger partial charge on any atom is 0.407 e. The second-order valence-corrected chi connectivity index (χ2v) is 3.73. The number of benzene rings is 1. The van der Waals surface area contributed by atoms with E-state index in [4.69, 9.17) is 14.2 Å². The van der Waals surface area contributed by atoms with E-state index in [9.17, 15) is 4.79 Å². The van der Waals surface area contributed by atoms with Crippen molar-refractivity contribution in [3.05, 3.63) is 24.3 Å². The predicted molar refractivity (Wildman–Crippen MR) is 68.1 cm³/mol. The van der Waals surface area contributed by atoms with Gasteiger partial charge >= 0.3 is 6.09 Å². The van der Waals surface area contributed by atoms with Gasteiger partial charge in [-0.1, -0.05) is 0 Å². The van der Waals surface area contributed by atoms with Crippen LogP contribution in [0.25, 0.3) is 0 Å². The second-order valence-electron chi connectivity index (χ2n) is 3.73. The number of ether oxygens (including phenoxy) is 3. The first kappa shape index (κ1) is 14.2. The fourth-order valence-electron chi connectivity index (χ4n) is 1.29. The van der Waals surface area contributed by atoms with E-state index in [0.717, 1.165) is 5.75 Å². The van der Waals surface area contributed by atoms with Crippen LogP contribution >= 0.6 is 0 Å². The molecule has 1 aromatic carbocycles. The molecule has 0 bridgehead atoms. The molecule has 0 heterocycles. The lowest BCUT2D eigenvalue weighted by atomic mass is 10.3. The van der Waals surface area contributed by atoms with Crippen LogP contribution in [0.1, 0.15) is 13.8 Å². The van der Waals surface area contributed by atoms with Gasteiger partial charge in [0.1, 0.15) is 24.2 Å². The summed E-state index contributed by atoms with van der Waals surface area (Å²) >= 11 is 0. The van der Waals surface area contributed by atoms with E-state index < -0.39 is 6.09 Å². The van der Waals surface area contributed by atoms with Crippen molar-refractivity contribution in [2.24, 2.45) is 0 Å². The first-order valence-corrected chi connectivity index (χ1v) is 5.87. The summed E-state index contributed by atoms with van der Waals surface area (Å²) in [4.78, 5) is 11.1. The molecule has 0 aromatic heterocycles. The van der Waals surface area contributed by atoms with Crippen LogP contribution in [0.3, 0.4) is 0 Å². The summed E-state index contributed by atoms with van der Waals surface area (Å²) < 4.78 is 15.6. The molecule has 18 heavy (non-hydrogen) atoms. The number of methoxy groups -OCH3 is 1. The summed E-state index contributed by atoms with van der Waals surface area (Å²) in [6.45, 7) is 4.47. The SMILES string of the molecule is CCNC(=O)OC(C)COc1ccc(OC)cc1. The van der Waals surface area contributed by atoms with E-state index >= 15 is 0 Å². The third kappa shape index (κ3) is 4.95. The number of rotatable bonds is 6. The number of carbonyl (C=O) groups excluding carboxylic acids is 1. The Hall–Kier alpha value is -1.91. The fraction of sp³-hybridized carbons (Fsp3) is 0.462. The lowest BCUT2D eigenvalue weighted by molar-refractivity contribution is 0.0758. The maximum absolute atomic E-state index is 11.1. The van der Waals surface area contributed by atoms with Crippen LogP contribution in [0, 0.1) is 0 Å². The van der Waals surface area contributed by atoms with E-state index in [1.807, 2.05) is 19.1 Å². The number of nitrogens with one attached hydrogen (secondary N) is 1. The second kappa shape index (κ2) is 7.42. The highest BCUT2D eigenvalue weighted by Crippen LogP contribution is 2.17. The normalized spacial score (nSPS) is 11.5. The molecule has 1 amide bonds. The first-order chi connectivity index (χ1) is 8.65. The first-order valence-electron chi connectivity index (χ1n) is 5.87. The van der Waals surface area contributed by atoms with Gasteiger partial charge in [0.15, 0.2) is 0 Å². The number of carbonyl (C=O) groups is 1. The van der Waals surface area contributed by atoms with Crippen LogP contribution in [0.2, 0.25) is 0 Å². The minimum atomic E-state index is -0.427. The zero-order valence-electron chi connectivity index (χ0n) is 10.9. The molecule has 0 aliphatic rings. The average molecular weight is 253 g/mol. The monoisotopic (exact) mass is 253 g/mol. The van der Waals surface area contributed by atoms with Gasteiger partial charge in [-0.2, -0.15) is 0 Å². The number of amides is 1. The predicted octanol–water partition coefficient (Wildman–Crippen LogP) is 2.21. The van der Waals surface area contributed by atoms with Crippen LogP contribution in [-0.4, -0.2) is 32.5 Å². The van der Waals surface area contributed by atoms with Gasteiger partial charge < -0.3 is 19.5 Å². The minimum Gasteiger partial charge on any atom is -0.497 e. The van der Waals surface area contributed by atoms with Gasteiger partial charge in [-0.15, -0.1) is 0 Å². The molecule has 0 saturated heterocycles. The van der Waals surface area contributed by atoms with Crippen LogP contribution < -0.4 is 14.8 Å². The van der Waals surface area contributed by atoms with Crippen molar-refractivity contribution in [3.63, 3.8) is 0 Å². The third-order valence-corrected chi connectivity index (χ3v) is 2.17. The molecular weight excluding hydrogens is 234 g/mol. The highest BCUT2D eigenvalue weighted by Gasteiger charge is 2.08. The van der Waals surface area contributed by atoms with Gasteiger partial charge in [-0.05, 0) is 38.1 Å². The summed E-state index contributed by atoms with van der Waals surface area (Å²) in [6, 6.07) is 7.23. The maximum atomic E-state index is 11.1. The summed E-state index contributed by atoms with van der Waals surface area (Å²) in [7, 11) is 1.61.